The van der Waals surface area contributed by atoms with Gasteiger partial charge in [-0.05, 0) is 48.6 Å². The number of rotatable bonds is 4. The Morgan fingerprint density at radius 3 is 2.65 bits per heavy atom. The van der Waals surface area contributed by atoms with Crippen LogP contribution in [-0.4, -0.2) is 29.1 Å². The van der Waals surface area contributed by atoms with E-state index in [1.54, 1.807) is 17.8 Å². The number of amides is 1. The molecule has 2 heterocycles. The maximum Gasteiger partial charge on any atom is 0.262 e. The van der Waals surface area contributed by atoms with E-state index in [0.717, 1.165) is 30.5 Å². The number of nitrogens with one attached hydrogen (secondary N) is 1. The van der Waals surface area contributed by atoms with E-state index in [1.807, 2.05) is 47.4 Å². The summed E-state index contributed by atoms with van der Waals surface area (Å²) in [6.45, 7) is 2.45. The molecule has 1 amide bonds. The number of thioether (sulfide) groups is 1. The highest BCUT2D eigenvalue weighted by molar-refractivity contribution is 8.05. The maximum atomic E-state index is 13.6. The van der Waals surface area contributed by atoms with E-state index in [9.17, 15) is 4.79 Å². The Balaban J connectivity index is 1.48. The molecular formula is C24H25ClN2O3S. The highest BCUT2D eigenvalue weighted by Gasteiger charge is 2.43. The average molecular weight is 457 g/mol. The van der Waals surface area contributed by atoms with Crippen molar-refractivity contribution < 1.29 is 14.3 Å². The lowest BCUT2D eigenvalue weighted by atomic mass is 9.85. The van der Waals surface area contributed by atoms with Crippen LogP contribution in [0.5, 0.6) is 11.5 Å². The normalized spacial score (nSPS) is 26.5. The van der Waals surface area contributed by atoms with Crippen molar-refractivity contribution in [3.05, 3.63) is 58.0 Å². The first-order chi connectivity index (χ1) is 15.1. The fourth-order valence-corrected chi connectivity index (χ4v) is 5.96. The van der Waals surface area contributed by atoms with Gasteiger partial charge in [0.25, 0.3) is 5.91 Å². The van der Waals surface area contributed by atoms with E-state index in [2.05, 4.69) is 12.2 Å². The van der Waals surface area contributed by atoms with Crippen molar-refractivity contribution >= 4 is 41.0 Å². The average Bonchev–Trinajstić information content (AvgIpc) is 3.34. The van der Waals surface area contributed by atoms with Crippen molar-refractivity contribution in [2.45, 2.75) is 44.1 Å². The summed E-state index contributed by atoms with van der Waals surface area (Å²) in [5.74, 6) is 1.83. The van der Waals surface area contributed by atoms with Crippen LogP contribution >= 0.6 is 23.4 Å². The number of anilines is 1. The summed E-state index contributed by atoms with van der Waals surface area (Å²) in [4.78, 5) is 16.3. The molecule has 2 aromatic carbocycles. The Morgan fingerprint density at radius 2 is 1.87 bits per heavy atom. The number of carbonyl (C=O) groups excluding carboxylic acids is 1. The van der Waals surface area contributed by atoms with Crippen molar-refractivity contribution in [3.8, 4) is 11.5 Å². The SMILES string of the molecule is C[C@@H]1CCCC[C@H]1N1C(=O)/C(=C/c2cc3c(cc2Cl)OCO3)SC1Nc1ccccc1. The number of fused-ring (bicyclic) bond motifs is 1. The number of benzene rings is 2. The molecule has 2 fully saturated rings. The molecule has 1 N–H and O–H groups in total. The van der Waals surface area contributed by atoms with Gasteiger partial charge in [-0.2, -0.15) is 0 Å². The second kappa shape index (κ2) is 8.67. The van der Waals surface area contributed by atoms with Crippen LogP contribution in [0.15, 0.2) is 47.4 Å². The van der Waals surface area contributed by atoms with E-state index in [4.69, 9.17) is 21.1 Å². The second-order valence-electron chi connectivity index (χ2n) is 8.26. The smallest absolute Gasteiger partial charge is 0.262 e. The second-order valence-corrected chi connectivity index (χ2v) is 9.79. The summed E-state index contributed by atoms with van der Waals surface area (Å²) < 4.78 is 10.9. The zero-order valence-electron chi connectivity index (χ0n) is 17.3. The van der Waals surface area contributed by atoms with Crippen molar-refractivity contribution in [1.82, 2.24) is 4.90 Å². The van der Waals surface area contributed by atoms with Crippen molar-refractivity contribution in [2.24, 2.45) is 5.92 Å². The molecule has 0 aromatic heterocycles. The van der Waals surface area contributed by atoms with E-state index in [1.165, 1.54) is 6.42 Å². The summed E-state index contributed by atoms with van der Waals surface area (Å²) in [6.07, 6.45) is 6.47. The number of nitrogens with zero attached hydrogens (tertiary/aromatic N) is 1. The number of ether oxygens (including phenoxy) is 2. The van der Waals surface area contributed by atoms with E-state index in [-0.39, 0.29) is 24.2 Å². The molecule has 0 radical (unpaired) electrons. The molecule has 1 aliphatic carbocycles. The van der Waals surface area contributed by atoms with Gasteiger partial charge in [-0.3, -0.25) is 4.79 Å². The van der Waals surface area contributed by atoms with Gasteiger partial charge in [0.2, 0.25) is 6.79 Å². The van der Waals surface area contributed by atoms with Crippen LogP contribution in [0, 0.1) is 5.92 Å². The Hall–Kier alpha value is -2.31. The molecule has 5 rings (SSSR count). The summed E-state index contributed by atoms with van der Waals surface area (Å²) in [5.41, 5.74) is 1.61. The van der Waals surface area contributed by atoms with Gasteiger partial charge in [0.1, 0.15) is 0 Å². The Morgan fingerprint density at radius 1 is 1.13 bits per heavy atom. The summed E-state index contributed by atoms with van der Waals surface area (Å²) in [5, 5.41) is 4.10. The van der Waals surface area contributed by atoms with Gasteiger partial charge in [-0.1, -0.05) is 61.3 Å². The van der Waals surface area contributed by atoms with Gasteiger partial charge >= 0.3 is 0 Å². The van der Waals surface area contributed by atoms with Crippen LogP contribution in [0.4, 0.5) is 5.69 Å². The van der Waals surface area contributed by atoms with Gasteiger partial charge in [0, 0.05) is 17.8 Å². The van der Waals surface area contributed by atoms with Crippen LogP contribution in [0.3, 0.4) is 0 Å². The number of carbonyl (C=O) groups is 1. The fourth-order valence-electron chi connectivity index (χ4n) is 4.55. The number of hydrogen-bond donors (Lipinski definition) is 1. The molecule has 162 valence electrons. The van der Waals surface area contributed by atoms with Crippen molar-refractivity contribution in [3.63, 3.8) is 0 Å². The van der Waals surface area contributed by atoms with Crippen molar-refractivity contribution in [1.29, 1.82) is 0 Å². The topological polar surface area (TPSA) is 50.8 Å². The zero-order valence-corrected chi connectivity index (χ0v) is 18.9. The molecule has 31 heavy (non-hydrogen) atoms. The fraction of sp³-hybridized carbons (Fsp3) is 0.375. The number of para-hydroxylation sites is 1. The van der Waals surface area contributed by atoms with E-state index in [0.29, 0.717) is 27.3 Å². The highest BCUT2D eigenvalue weighted by atomic mass is 35.5. The lowest BCUT2D eigenvalue weighted by Gasteiger charge is -2.39. The highest BCUT2D eigenvalue weighted by Crippen LogP contribution is 2.44. The first-order valence-electron chi connectivity index (χ1n) is 10.7. The number of halogens is 1. The molecule has 0 bridgehead atoms. The minimum atomic E-state index is -0.153. The first-order valence-corrected chi connectivity index (χ1v) is 12.0. The Kier molecular flexibility index (Phi) is 5.76. The predicted molar refractivity (Wildman–Crippen MR) is 125 cm³/mol. The molecule has 1 saturated carbocycles. The molecule has 5 nitrogen and oxygen atoms in total. The monoisotopic (exact) mass is 456 g/mol. The van der Waals surface area contributed by atoms with Crippen LogP contribution in [0.2, 0.25) is 5.02 Å². The Bertz CT molecular complexity index is 1010. The lowest BCUT2D eigenvalue weighted by molar-refractivity contribution is -0.129. The molecule has 1 saturated heterocycles. The van der Waals surface area contributed by atoms with E-state index < -0.39 is 0 Å². The van der Waals surface area contributed by atoms with Gasteiger partial charge in [-0.25, -0.2) is 0 Å². The summed E-state index contributed by atoms with van der Waals surface area (Å²) >= 11 is 8.03. The van der Waals surface area contributed by atoms with Gasteiger partial charge in [0.15, 0.2) is 17.0 Å². The molecule has 3 aliphatic rings. The molecular weight excluding hydrogens is 432 g/mol. The van der Waals surface area contributed by atoms with Gasteiger partial charge < -0.3 is 19.7 Å². The van der Waals surface area contributed by atoms with Gasteiger partial charge in [0.05, 0.1) is 9.93 Å². The Labute approximate surface area is 191 Å². The molecule has 3 atom stereocenters. The van der Waals surface area contributed by atoms with Gasteiger partial charge in [-0.15, -0.1) is 0 Å². The van der Waals surface area contributed by atoms with Crippen molar-refractivity contribution in [2.75, 3.05) is 12.1 Å². The molecule has 7 heteroatoms. The lowest BCUT2D eigenvalue weighted by Crippen LogP contribution is -2.48. The predicted octanol–water partition coefficient (Wildman–Crippen LogP) is 5.96. The third kappa shape index (κ3) is 4.11. The minimum Gasteiger partial charge on any atom is -0.454 e. The summed E-state index contributed by atoms with van der Waals surface area (Å²) in [7, 11) is 0. The molecule has 1 unspecified atom stereocenters. The standard InChI is InChI=1S/C24H25ClN2O3S/c1-15-7-5-6-10-19(15)27-23(28)22(31-24(27)26-17-8-3-2-4-9-17)12-16-11-20-21(13-18(16)25)30-14-29-20/h2-4,8-9,11-13,15,19,24,26H,5-7,10,14H2,1H3/b22-12-/t15-,19-,24?/m1/s1. The quantitative estimate of drug-likeness (QED) is 0.575. The summed E-state index contributed by atoms with van der Waals surface area (Å²) in [6, 6.07) is 13.9. The maximum absolute atomic E-state index is 13.6. The van der Waals surface area contributed by atoms with E-state index >= 15 is 0 Å². The third-order valence-electron chi connectivity index (χ3n) is 6.20. The first kappa shape index (κ1) is 20.6. The van der Waals surface area contributed by atoms with Crippen LogP contribution in [0.25, 0.3) is 6.08 Å². The number of hydrogen-bond acceptors (Lipinski definition) is 5. The molecule has 0 spiro atoms. The van der Waals surface area contributed by atoms with Crippen LogP contribution in [-0.2, 0) is 4.79 Å². The third-order valence-corrected chi connectivity index (χ3v) is 7.64. The molecule has 2 aromatic rings. The van der Waals surface area contributed by atoms with Crippen LogP contribution < -0.4 is 14.8 Å². The van der Waals surface area contributed by atoms with Crippen LogP contribution in [0.1, 0.15) is 38.2 Å². The molecule has 2 aliphatic heterocycles. The largest absolute Gasteiger partial charge is 0.454 e. The zero-order chi connectivity index (χ0) is 21.4. The minimum absolute atomic E-state index is 0.0610.